The molecular formula is C14H21NO3. The predicted molar refractivity (Wildman–Crippen MR) is 69.9 cm³/mol. The summed E-state index contributed by atoms with van der Waals surface area (Å²) in [6.45, 7) is 4.49. The van der Waals surface area contributed by atoms with Crippen molar-refractivity contribution in [3.63, 3.8) is 0 Å². The van der Waals surface area contributed by atoms with Gasteiger partial charge in [-0.1, -0.05) is 26.7 Å². The van der Waals surface area contributed by atoms with E-state index in [9.17, 15) is 4.79 Å². The van der Waals surface area contributed by atoms with Crippen molar-refractivity contribution in [3.05, 3.63) is 17.9 Å². The Bertz CT molecular complexity index is 411. The average Bonchev–Trinajstić information content (AvgIpc) is 2.78. The van der Waals surface area contributed by atoms with Gasteiger partial charge in [-0.05, 0) is 30.7 Å². The fraction of sp³-hybridized carbons (Fsp3) is 0.643. The fourth-order valence-electron chi connectivity index (χ4n) is 2.85. The molecule has 100 valence electrons. The highest BCUT2D eigenvalue weighted by Crippen LogP contribution is 2.32. The first-order valence-electron chi connectivity index (χ1n) is 6.67. The number of carboxylic acid groups (broad SMARTS) is 1. The van der Waals surface area contributed by atoms with Crippen molar-refractivity contribution in [1.82, 2.24) is 0 Å². The van der Waals surface area contributed by atoms with Crippen LogP contribution in [-0.4, -0.2) is 17.1 Å². The average molecular weight is 251 g/mol. The van der Waals surface area contributed by atoms with Crippen molar-refractivity contribution in [2.75, 3.05) is 5.32 Å². The maximum atomic E-state index is 10.8. The number of hydrogen-bond acceptors (Lipinski definition) is 3. The number of hydrogen-bond donors (Lipinski definition) is 2. The number of furan rings is 1. The number of nitrogens with one attached hydrogen (secondary N) is 1. The predicted octanol–water partition coefficient (Wildman–Crippen LogP) is 3.60. The lowest BCUT2D eigenvalue weighted by Crippen LogP contribution is -2.35. The molecule has 0 spiro atoms. The van der Waals surface area contributed by atoms with Crippen LogP contribution in [0.1, 0.15) is 50.1 Å². The van der Waals surface area contributed by atoms with Crippen molar-refractivity contribution in [2.24, 2.45) is 11.8 Å². The monoisotopic (exact) mass is 251 g/mol. The summed E-state index contributed by atoms with van der Waals surface area (Å²) >= 11 is 0. The van der Waals surface area contributed by atoms with Crippen LogP contribution >= 0.6 is 0 Å². The summed E-state index contributed by atoms with van der Waals surface area (Å²) in [4.78, 5) is 10.8. The first kappa shape index (κ1) is 13.0. The van der Waals surface area contributed by atoms with Gasteiger partial charge in [0.15, 0.2) is 5.88 Å². The minimum atomic E-state index is -1.02. The quantitative estimate of drug-likeness (QED) is 0.858. The Hall–Kier alpha value is -1.45. The molecule has 0 bridgehead atoms. The lowest BCUT2D eigenvalue weighted by atomic mass is 9.78. The molecular weight excluding hydrogens is 230 g/mol. The van der Waals surface area contributed by atoms with Gasteiger partial charge in [0, 0.05) is 12.1 Å². The van der Waals surface area contributed by atoms with Gasteiger partial charge in [-0.2, -0.15) is 0 Å². The highest BCUT2D eigenvalue weighted by atomic mass is 16.4. The van der Waals surface area contributed by atoms with Crippen LogP contribution in [0.2, 0.25) is 0 Å². The SMILES string of the molecule is CC(C)C1CCCCC1Nc1ccc(C(=O)O)o1. The summed E-state index contributed by atoms with van der Waals surface area (Å²) in [5.41, 5.74) is 0. The molecule has 2 N–H and O–H groups in total. The number of anilines is 1. The molecule has 2 unspecified atom stereocenters. The van der Waals surface area contributed by atoms with Crippen LogP contribution in [0.3, 0.4) is 0 Å². The Morgan fingerprint density at radius 1 is 1.39 bits per heavy atom. The largest absolute Gasteiger partial charge is 0.475 e. The van der Waals surface area contributed by atoms with E-state index in [4.69, 9.17) is 9.52 Å². The Kier molecular flexibility index (Phi) is 3.94. The van der Waals surface area contributed by atoms with Gasteiger partial charge >= 0.3 is 5.97 Å². The van der Waals surface area contributed by atoms with Crippen molar-refractivity contribution in [2.45, 2.75) is 45.6 Å². The van der Waals surface area contributed by atoms with Crippen molar-refractivity contribution in [3.8, 4) is 0 Å². The number of carbonyl (C=O) groups is 1. The van der Waals surface area contributed by atoms with E-state index in [1.807, 2.05) is 0 Å². The molecule has 0 radical (unpaired) electrons. The lowest BCUT2D eigenvalue weighted by Gasteiger charge is -2.34. The van der Waals surface area contributed by atoms with Crippen LogP contribution in [0.25, 0.3) is 0 Å². The van der Waals surface area contributed by atoms with Gasteiger partial charge in [-0.25, -0.2) is 4.79 Å². The van der Waals surface area contributed by atoms with Crippen LogP contribution in [-0.2, 0) is 0 Å². The smallest absolute Gasteiger partial charge is 0.371 e. The van der Waals surface area contributed by atoms with Gasteiger partial charge in [-0.15, -0.1) is 0 Å². The van der Waals surface area contributed by atoms with Gasteiger partial charge in [0.1, 0.15) is 0 Å². The van der Waals surface area contributed by atoms with E-state index in [0.717, 1.165) is 6.42 Å². The minimum absolute atomic E-state index is 0.00518. The topological polar surface area (TPSA) is 62.5 Å². The van der Waals surface area contributed by atoms with Crippen LogP contribution in [0.15, 0.2) is 16.5 Å². The number of rotatable bonds is 4. The zero-order valence-corrected chi connectivity index (χ0v) is 11.0. The summed E-state index contributed by atoms with van der Waals surface area (Å²) in [6, 6.07) is 3.60. The molecule has 2 atom stereocenters. The lowest BCUT2D eigenvalue weighted by molar-refractivity contribution is 0.0663. The third-order valence-corrected chi connectivity index (χ3v) is 3.82. The normalized spacial score (nSPS) is 24.2. The Morgan fingerprint density at radius 2 is 2.11 bits per heavy atom. The Labute approximate surface area is 107 Å². The second-order valence-corrected chi connectivity index (χ2v) is 5.41. The molecule has 1 fully saturated rings. The van der Waals surface area contributed by atoms with Crippen LogP contribution < -0.4 is 5.32 Å². The second kappa shape index (κ2) is 5.46. The molecule has 4 nitrogen and oxygen atoms in total. The van der Waals surface area contributed by atoms with Crippen LogP contribution in [0.5, 0.6) is 0 Å². The highest BCUT2D eigenvalue weighted by molar-refractivity contribution is 5.84. The Morgan fingerprint density at radius 3 is 2.72 bits per heavy atom. The number of carboxylic acids is 1. The molecule has 4 heteroatoms. The van der Waals surface area contributed by atoms with E-state index in [1.165, 1.54) is 25.3 Å². The molecule has 0 aromatic carbocycles. The third-order valence-electron chi connectivity index (χ3n) is 3.82. The van der Waals surface area contributed by atoms with Gasteiger partial charge in [0.05, 0.1) is 0 Å². The highest BCUT2D eigenvalue weighted by Gasteiger charge is 2.28. The Balaban J connectivity index is 2.03. The van der Waals surface area contributed by atoms with Gasteiger partial charge in [0.2, 0.25) is 5.76 Å². The standard InChI is InChI=1S/C14H21NO3/c1-9(2)10-5-3-4-6-11(10)15-13-8-7-12(18-13)14(16)17/h7-11,15H,3-6H2,1-2H3,(H,16,17). The van der Waals surface area contributed by atoms with E-state index in [2.05, 4.69) is 19.2 Å². The first-order valence-corrected chi connectivity index (χ1v) is 6.67. The maximum absolute atomic E-state index is 10.8. The molecule has 0 aliphatic heterocycles. The summed E-state index contributed by atoms with van der Waals surface area (Å²) in [6.07, 6.45) is 4.89. The van der Waals surface area contributed by atoms with E-state index >= 15 is 0 Å². The molecule has 0 saturated heterocycles. The molecule has 2 rings (SSSR count). The molecule has 1 saturated carbocycles. The molecule has 1 aromatic heterocycles. The summed E-state index contributed by atoms with van der Waals surface area (Å²) in [5.74, 6) is 0.820. The first-order chi connectivity index (χ1) is 8.58. The fourth-order valence-corrected chi connectivity index (χ4v) is 2.85. The van der Waals surface area contributed by atoms with Gasteiger partial charge in [0.25, 0.3) is 0 Å². The van der Waals surface area contributed by atoms with Crippen molar-refractivity contribution in [1.29, 1.82) is 0 Å². The van der Waals surface area contributed by atoms with Gasteiger partial charge < -0.3 is 14.8 Å². The maximum Gasteiger partial charge on any atom is 0.371 e. The van der Waals surface area contributed by atoms with Gasteiger partial charge in [-0.3, -0.25) is 0 Å². The minimum Gasteiger partial charge on any atom is -0.475 e. The van der Waals surface area contributed by atoms with E-state index in [0.29, 0.717) is 23.8 Å². The molecule has 1 aromatic rings. The van der Waals surface area contributed by atoms with Crippen molar-refractivity contribution < 1.29 is 14.3 Å². The molecule has 1 aliphatic rings. The van der Waals surface area contributed by atoms with E-state index < -0.39 is 5.97 Å². The second-order valence-electron chi connectivity index (χ2n) is 5.41. The summed E-state index contributed by atoms with van der Waals surface area (Å²) < 4.78 is 5.27. The molecule has 18 heavy (non-hydrogen) atoms. The van der Waals surface area contributed by atoms with Crippen molar-refractivity contribution >= 4 is 11.9 Å². The third kappa shape index (κ3) is 2.86. The van der Waals surface area contributed by atoms with E-state index in [1.54, 1.807) is 6.07 Å². The van der Waals surface area contributed by atoms with Crippen LogP contribution in [0, 0.1) is 11.8 Å². The summed E-state index contributed by atoms with van der Waals surface area (Å²) in [7, 11) is 0. The van der Waals surface area contributed by atoms with E-state index in [-0.39, 0.29) is 5.76 Å². The number of aromatic carboxylic acids is 1. The van der Waals surface area contributed by atoms with Crippen LogP contribution in [0.4, 0.5) is 5.88 Å². The summed E-state index contributed by atoms with van der Waals surface area (Å²) in [5, 5.41) is 12.2. The zero-order valence-electron chi connectivity index (χ0n) is 11.0. The zero-order chi connectivity index (χ0) is 13.1. The molecule has 1 heterocycles. The molecule has 1 aliphatic carbocycles. The molecule has 0 amide bonds.